The second kappa shape index (κ2) is 6.38. The van der Waals surface area contributed by atoms with Gasteiger partial charge in [-0.15, -0.1) is 20.4 Å². The lowest BCUT2D eigenvalue weighted by atomic mass is 10.0. The third-order valence-electron chi connectivity index (χ3n) is 3.74. The van der Waals surface area contributed by atoms with Gasteiger partial charge in [0.05, 0.1) is 11.3 Å². The number of amidine groups is 1. The molecule has 0 radical (unpaired) electrons. The van der Waals surface area contributed by atoms with Crippen molar-refractivity contribution in [2.24, 2.45) is 20.4 Å². The highest BCUT2D eigenvalue weighted by Crippen LogP contribution is 2.26. The van der Waals surface area contributed by atoms with Crippen molar-refractivity contribution in [2.75, 3.05) is 0 Å². The Morgan fingerprint density at radius 3 is 1.88 bits per heavy atom. The molecule has 0 saturated carbocycles. The molecule has 3 aromatic rings. The van der Waals surface area contributed by atoms with E-state index in [1.165, 1.54) is 0 Å². The predicted octanol–water partition coefficient (Wildman–Crippen LogP) is 4.98. The Morgan fingerprint density at radius 2 is 1.21 bits per heavy atom. The normalized spacial score (nSPS) is 13.8. The molecular formula is C20H14N4. The molecular weight excluding hydrogens is 296 g/mol. The zero-order valence-electron chi connectivity index (χ0n) is 12.9. The van der Waals surface area contributed by atoms with Crippen LogP contribution in [0.5, 0.6) is 0 Å². The van der Waals surface area contributed by atoms with Crippen LogP contribution in [0, 0.1) is 0 Å². The molecule has 0 amide bonds. The van der Waals surface area contributed by atoms with E-state index < -0.39 is 0 Å². The fraction of sp³-hybridized carbons (Fsp3) is 0. The van der Waals surface area contributed by atoms with Crippen LogP contribution in [0.4, 0.5) is 5.69 Å². The van der Waals surface area contributed by atoms with E-state index >= 15 is 0 Å². The van der Waals surface area contributed by atoms with Gasteiger partial charge in [0, 0.05) is 11.1 Å². The number of nitrogens with zero attached hydrogens (tertiary/aromatic N) is 4. The predicted molar refractivity (Wildman–Crippen MR) is 96.0 cm³/mol. The molecule has 4 rings (SSSR count). The third-order valence-corrected chi connectivity index (χ3v) is 3.74. The van der Waals surface area contributed by atoms with Gasteiger partial charge in [0.15, 0.2) is 0 Å². The monoisotopic (exact) mass is 310 g/mol. The average molecular weight is 310 g/mol. The Labute approximate surface area is 139 Å². The van der Waals surface area contributed by atoms with Crippen LogP contribution in [0.2, 0.25) is 0 Å². The van der Waals surface area contributed by atoms with Crippen molar-refractivity contribution in [3.63, 3.8) is 0 Å². The summed E-state index contributed by atoms with van der Waals surface area (Å²) in [5.74, 6) is 0.537. The molecule has 0 unspecified atom stereocenters. The van der Waals surface area contributed by atoms with Crippen LogP contribution < -0.4 is 0 Å². The Balaban J connectivity index is 1.79. The van der Waals surface area contributed by atoms with Gasteiger partial charge in [-0.1, -0.05) is 72.8 Å². The van der Waals surface area contributed by atoms with E-state index in [0.717, 1.165) is 28.1 Å². The van der Waals surface area contributed by atoms with Crippen molar-refractivity contribution >= 4 is 17.2 Å². The number of azo groups is 1. The van der Waals surface area contributed by atoms with Gasteiger partial charge in [-0.25, -0.2) is 0 Å². The van der Waals surface area contributed by atoms with Crippen LogP contribution in [-0.4, -0.2) is 11.5 Å². The van der Waals surface area contributed by atoms with Crippen molar-refractivity contribution in [1.82, 2.24) is 0 Å². The van der Waals surface area contributed by atoms with Gasteiger partial charge >= 0.3 is 0 Å². The molecule has 1 aliphatic heterocycles. The number of rotatable bonds is 3. The van der Waals surface area contributed by atoms with Crippen molar-refractivity contribution in [1.29, 1.82) is 0 Å². The molecule has 0 saturated heterocycles. The first-order valence-electron chi connectivity index (χ1n) is 7.69. The standard InChI is InChI=1S/C20H14N4/c1-3-9-15(10-4-1)19(16-11-5-2-6-12-16)22-24-20-17-13-7-8-14-18(17)21-23-20/h1-14H. The van der Waals surface area contributed by atoms with Crippen molar-refractivity contribution in [2.45, 2.75) is 0 Å². The molecule has 1 aliphatic rings. The summed E-state index contributed by atoms with van der Waals surface area (Å²) in [6.45, 7) is 0. The summed E-state index contributed by atoms with van der Waals surface area (Å²) in [4.78, 5) is 0. The van der Waals surface area contributed by atoms with Gasteiger partial charge < -0.3 is 0 Å². The van der Waals surface area contributed by atoms with E-state index in [0.29, 0.717) is 5.84 Å². The van der Waals surface area contributed by atoms with Crippen LogP contribution in [0.3, 0.4) is 0 Å². The van der Waals surface area contributed by atoms with Crippen molar-refractivity contribution in [3.8, 4) is 0 Å². The first-order chi connectivity index (χ1) is 11.9. The van der Waals surface area contributed by atoms with E-state index in [1.807, 2.05) is 84.9 Å². The third kappa shape index (κ3) is 2.77. The Morgan fingerprint density at radius 1 is 0.625 bits per heavy atom. The van der Waals surface area contributed by atoms with Gasteiger partial charge in [0.1, 0.15) is 5.71 Å². The van der Waals surface area contributed by atoms with Gasteiger partial charge in [-0.2, -0.15) is 0 Å². The molecule has 0 bridgehead atoms. The molecule has 0 atom stereocenters. The summed E-state index contributed by atoms with van der Waals surface area (Å²) in [7, 11) is 0. The number of benzene rings is 3. The lowest BCUT2D eigenvalue weighted by Crippen LogP contribution is -2.03. The van der Waals surface area contributed by atoms with Crippen LogP contribution in [-0.2, 0) is 0 Å². The second-order valence-electron chi connectivity index (χ2n) is 5.32. The van der Waals surface area contributed by atoms with Gasteiger partial charge in [-0.05, 0) is 12.1 Å². The molecule has 0 fully saturated rings. The summed E-state index contributed by atoms with van der Waals surface area (Å²) in [6.07, 6.45) is 0. The van der Waals surface area contributed by atoms with E-state index in [1.54, 1.807) is 0 Å². The molecule has 0 N–H and O–H groups in total. The number of hydrogen-bond donors (Lipinski definition) is 0. The maximum atomic E-state index is 4.50. The summed E-state index contributed by atoms with van der Waals surface area (Å²) in [5.41, 5.74) is 4.56. The van der Waals surface area contributed by atoms with Gasteiger partial charge in [-0.3, -0.25) is 0 Å². The fourth-order valence-electron chi connectivity index (χ4n) is 2.55. The molecule has 0 spiro atoms. The smallest absolute Gasteiger partial charge is 0.148 e. The largest absolute Gasteiger partial charge is 0.205 e. The van der Waals surface area contributed by atoms with E-state index in [4.69, 9.17) is 0 Å². The average Bonchev–Trinajstić information content (AvgIpc) is 3.07. The first-order valence-corrected chi connectivity index (χ1v) is 7.69. The lowest BCUT2D eigenvalue weighted by Gasteiger charge is -2.05. The highest BCUT2D eigenvalue weighted by molar-refractivity contribution is 6.13. The maximum Gasteiger partial charge on any atom is 0.205 e. The van der Waals surface area contributed by atoms with Crippen molar-refractivity contribution < 1.29 is 0 Å². The summed E-state index contributed by atoms with van der Waals surface area (Å²) in [6, 6.07) is 27.8. The van der Waals surface area contributed by atoms with Gasteiger partial charge in [0.25, 0.3) is 0 Å². The highest BCUT2D eigenvalue weighted by Gasteiger charge is 2.15. The minimum absolute atomic E-state index is 0.537. The quantitative estimate of drug-likeness (QED) is 0.484. The van der Waals surface area contributed by atoms with E-state index in [-0.39, 0.29) is 0 Å². The van der Waals surface area contributed by atoms with Gasteiger partial charge in [0.2, 0.25) is 5.84 Å². The molecule has 4 heteroatoms. The molecule has 1 heterocycles. The van der Waals surface area contributed by atoms with E-state index in [9.17, 15) is 0 Å². The summed E-state index contributed by atoms with van der Waals surface area (Å²) < 4.78 is 0. The van der Waals surface area contributed by atoms with E-state index in [2.05, 4.69) is 20.4 Å². The van der Waals surface area contributed by atoms with Crippen molar-refractivity contribution in [3.05, 3.63) is 102 Å². The van der Waals surface area contributed by atoms with Crippen LogP contribution in [0.1, 0.15) is 16.7 Å². The topological polar surface area (TPSA) is 49.4 Å². The lowest BCUT2D eigenvalue weighted by molar-refractivity contribution is 1.20. The summed E-state index contributed by atoms with van der Waals surface area (Å²) >= 11 is 0. The zero-order valence-corrected chi connectivity index (χ0v) is 12.9. The fourth-order valence-corrected chi connectivity index (χ4v) is 2.55. The molecule has 0 aliphatic carbocycles. The Kier molecular flexibility index (Phi) is 3.78. The molecule has 4 nitrogen and oxygen atoms in total. The van der Waals surface area contributed by atoms with Crippen LogP contribution in [0.15, 0.2) is 105 Å². The molecule has 24 heavy (non-hydrogen) atoms. The molecule has 114 valence electrons. The minimum Gasteiger partial charge on any atom is -0.148 e. The second-order valence-corrected chi connectivity index (χ2v) is 5.32. The number of hydrogen-bond acceptors (Lipinski definition) is 3. The first kappa shape index (κ1) is 14.2. The maximum absolute atomic E-state index is 4.50. The minimum atomic E-state index is 0.537. The van der Waals surface area contributed by atoms with Crippen LogP contribution in [0.25, 0.3) is 0 Å². The summed E-state index contributed by atoms with van der Waals surface area (Å²) in [5, 5.41) is 17.1. The van der Waals surface area contributed by atoms with Crippen LogP contribution >= 0.6 is 0 Å². The Hall–Kier alpha value is -3.40. The molecule has 0 aromatic heterocycles. The highest BCUT2D eigenvalue weighted by atomic mass is 15.3. The zero-order chi connectivity index (χ0) is 16.2. The SMILES string of the molecule is c1ccc(C(=NN=C2N=Nc3ccccc32)c2ccccc2)cc1. The number of fused-ring (bicyclic) bond motifs is 1. The Bertz CT molecular complexity index is 900. The molecule has 3 aromatic carbocycles.